The Bertz CT molecular complexity index is 553. The minimum atomic E-state index is -0.413. The highest BCUT2D eigenvalue weighted by atomic mass is 16.6. The molecule has 4 nitrogen and oxygen atoms in total. The van der Waals surface area contributed by atoms with E-state index in [1.54, 1.807) is 0 Å². The Morgan fingerprint density at radius 1 is 1.21 bits per heavy atom. The van der Waals surface area contributed by atoms with Gasteiger partial charge in [0.1, 0.15) is 5.60 Å². The Hall–Kier alpha value is -1.55. The number of benzene rings is 1. The van der Waals surface area contributed by atoms with Gasteiger partial charge in [0.25, 0.3) is 0 Å². The van der Waals surface area contributed by atoms with Gasteiger partial charge < -0.3 is 15.0 Å². The first kappa shape index (κ1) is 17.3. The van der Waals surface area contributed by atoms with Gasteiger partial charge in [-0.15, -0.1) is 0 Å². The normalized spacial score (nSPS) is 27.0. The monoisotopic (exact) mass is 330 g/mol. The van der Waals surface area contributed by atoms with Crippen molar-refractivity contribution < 1.29 is 9.53 Å². The molecule has 1 aliphatic carbocycles. The van der Waals surface area contributed by atoms with Crippen molar-refractivity contribution in [2.45, 2.75) is 58.2 Å². The van der Waals surface area contributed by atoms with Crippen LogP contribution in [0, 0.1) is 11.8 Å². The number of nitrogens with zero attached hydrogens (tertiary/aromatic N) is 1. The van der Waals surface area contributed by atoms with Gasteiger partial charge in [0.15, 0.2) is 0 Å². The molecular weight excluding hydrogens is 300 g/mol. The Morgan fingerprint density at radius 2 is 1.92 bits per heavy atom. The van der Waals surface area contributed by atoms with Crippen LogP contribution >= 0.6 is 0 Å². The standard InChI is InChI=1S/C20H30N2O2/c1-20(2,3)24-19(23)22-10-9-16-11-18(12-17(16)14-22)21-13-15-7-5-4-6-8-15/h4-8,16-18,21H,9-14H2,1-3H3/t16-,17-,18+/m1/s1. The summed E-state index contributed by atoms with van der Waals surface area (Å²) in [6.45, 7) is 8.40. The van der Waals surface area contributed by atoms with Gasteiger partial charge in [-0.25, -0.2) is 4.79 Å². The lowest BCUT2D eigenvalue weighted by atomic mass is 9.89. The first-order chi connectivity index (χ1) is 11.4. The summed E-state index contributed by atoms with van der Waals surface area (Å²) in [5.74, 6) is 1.36. The molecule has 3 rings (SSSR count). The van der Waals surface area contributed by atoms with Crippen molar-refractivity contribution in [2.75, 3.05) is 13.1 Å². The molecule has 132 valence electrons. The minimum absolute atomic E-state index is 0.151. The molecule has 1 saturated heterocycles. The summed E-state index contributed by atoms with van der Waals surface area (Å²) in [4.78, 5) is 14.2. The van der Waals surface area contributed by atoms with Gasteiger partial charge in [0, 0.05) is 25.7 Å². The summed E-state index contributed by atoms with van der Waals surface area (Å²) in [5.41, 5.74) is 0.923. The molecular formula is C20H30N2O2. The van der Waals surface area contributed by atoms with Crippen molar-refractivity contribution in [1.29, 1.82) is 0 Å². The van der Waals surface area contributed by atoms with Crippen molar-refractivity contribution >= 4 is 6.09 Å². The van der Waals surface area contributed by atoms with Crippen LogP contribution in [0.4, 0.5) is 4.79 Å². The number of likely N-dealkylation sites (tertiary alicyclic amines) is 1. The summed E-state index contributed by atoms with van der Waals surface area (Å²) < 4.78 is 5.53. The smallest absolute Gasteiger partial charge is 0.410 e. The van der Waals surface area contributed by atoms with Crippen LogP contribution in [0.1, 0.15) is 45.6 Å². The number of hydrogen-bond acceptors (Lipinski definition) is 3. The van der Waals surface area contributed by atoms with Crippen molar-refractivity contribution in [2.24, 2.45) is 11.8 Å². The van der Waals surface area contributed by atoms with Crippen molar-refractivity contribution in [3.05, 3.63) is 35.9 Å². The molecule has 1 saturated carbocycles. The number of nitrogens with one attached hydrogen (secondary N) is 1. The molecule has 0 unspecified atom stereocenters. The molecule has 1 aromatic rings. The molecule has 24 heavy (non-hydrogen) atoms. The maximum absolute atomic E-state index is 12.3. The van der Waals surface area contributed by atoms with Gasteiger partial charge in [-0.05, 0) is 57.4 Å². The maximum Gasteiger partial charge on any atom is 0.410 e. The third-order valence-corrected chi connectivity index (χ3v) is 5.16. The summed E-state index contributed by atoms with van der Waals surface area (Å²) >= 11 is 0. The number of carbonyl (C=O) groups is 1. The molecule has 2 fully saturated rings. The molecule has 4 heteroatoms. The highest BCUT2D eigenvalue weighted by Crippen LogP contribution is 2.38. The summed E-state index contributed by atoms with van der Waals surface area (Å²) in [6.07, 6.45) is 3.35. The zero-order chi connectivity index (χ0) is 17.2. The zero-order valence-electron chi connectivity index (χ0n) is 15.1. The van der Waals surface area contributed by atoms with Gasteiger partial charge >= 0.3 is 6.09 Å². The molecule has 1 heterocycles. The number of fused-ring (bicyclic) bond motifs is 1. The fourth-order valence-corrected chi connectivity index (χ4v) is 4.00. The van der Waals surface area contributed by atoms with E-state index in [4.69, 9.17) is 4.74 Å². The average molecular weight is 330 g/mol. The van der Waals surface area contributed by atoms with Gasteiger partial charge in [-0.1, -0.05) is 30.3 Å². The summed E-state index contributed by atoms with van der Waals surface area (Å²) in [7, 11) is 0. The summed E-state index contributed by atoms with van der Waals surface area (Å²) in [6, 6.07) is 11.1. The molecule has 1 N–H and O–H groups in total. The lowest BCUT2D eigenvalue weighted by Gasteiger charge is -2.35. The third-order valence-electron chi connectivity index (χ3n) is 5.16. The van der Waals surface area contributed by atoms with Crippen LogP contribution < -0.4 is 5.32 Å². The van der Waals surface area contributed by atoms with Crippen LogP contribution in [0.5, 0.6) is 0 Å². The maximum atomic E-state index is 12.3. The lowest BCUT2D eigenvalue weighted by molar-refractivity contribution is 0.0127. The van der Waals surface area contributed by atoms with E-state index in [2.05, 4.69) is 35.6 Å². The van der Waals surface area contributed by atoms with Crippen molar-refractivity contribution in [3.63, 3.8) is 0 Å². The van der Waals surface area contributed by atoms with E-state index >= 15 is 0 Å². The van der Waals surface area contributed by atoms with E-state index in [1.807, 2.05) is 25.7 Å². The molecule has 0 spiro atoms. The fourth-order valence-electron chi connectivity index (χ4n) is 4.00. The Balaban J connectivity index is 1.48. The van der Waals surface area contributed by atoms with Crippen LogP contribution in [0.25, 0.3) is 0 Å². The second-order valence-corrected chi connectivity index (χ2v) is 8.27. The van der Waals surface area contributed by atoms with Gasteiger partial charge in [0.05, 0.1) is 0 Å². The quantitative estimate of drug-likeness (QED) is 0.916. The van der Waals surface area contributed by atoms with Crippen LogP contribution in [0.2, 0.25) is 0 Å². The predicted octanol–water partition coefficient (Wildman–Crippen LogP) is 3.81. The number of piperidine rings is 1. The number of amides is 1. The van der Waals surface area contributed by atoms with Gasteiger partial charge in [-0.3, -0.25) is 0 Å². The van der Waals surface area contributed by atoms with Crippen molar-refractivity contribution in [1.82, 2.24) is 10.2 Å². The second kappa shape index (κ2) is 7.14. The summed E-state index contributed by atoms with van der Waals surface area (Å²) in [5, 5.41) is 3.70. The molecule has 1 amide bonds. The van der Waals surface area contributed by atoms with Crippen LogP contribution in [0.3, 0.4) is 0 Å². The SMILES string of the molecule is CC(C)(C)OC(=O)N1CC[C@@H]2C[C@H](NCc3ccccc3)C[C@@H]2C1. The predicted molar refractivity (Wildman–Crippen MR) is 95.7 cm³/mol. The van der Waals surface area contributed by atoms with Crippen molar-refractivity contribution in [3.8, 4) is 0 Å². The number of carbonyl (C=O) groups excluding carboxylic acids is 1. The molecule has 0 aromatic heterocycles. The van der Waals surface area contributed by atoms with Crippen LogP contribution in [-0.2, 0) is 11.3 Å². The lowest BCUT2D eigenvalue weighted by Crippen LogP contribution is -2.44. The van der Waals surface area contributed by atoms with Crippen LogP contribution in [0.15, 0.2) is 30.3 Å². The Labute approximate surface area is 145 Å². The van der Waals surface area contributed by atoms with E-state index in [0.717, 1.165) is 38.4 Å². The topological polar surface area (TPSA) is 41.6 Å². The molecule has 1 aliphatic heterocycles. The van der Waals surface area contributed by atoms with Gasteiger partial charge in [0.2, 0.25) is 0 Å². The Morgan fingerprint density at radius 3 is 2.62 bits per heavy atom. The molecule has 1 aromatic carbocycles. The minimum Gasteiger partial charge on any atom is -0.444 e. The fraction of sp³-hybridized carbons (Fsp3) is 0.650. The second-order valence-electron chi connectivity index (χ2n) is 8.27. The highest BCUT2D eigenvalue weighted by molar-refractivity contribution is 5.68. The number of rotatable bonds is 3. The molecule has 0 radical (unpaired) electrons. The van der Waals surface area contributed by atoms with E-state index in [0.29, 0.717) is 12.0 Å². The highest BCUT2D eigenvalue weighted by Gasteiger charge is 2.39. The average Bonchev–Trinajstić information content (AvgIpc) is 2.94. The first-order valence-corrected chi connectivity index (χ1v) is 9.16. The first-order valence-electron chi connectivity index (χ1n) is 9.16. The van der Waals surface area contributed by atoms with E-state index < -0.39 is 5.60 Å². The zero-order valence-corrected chi connectivity index (χ0v) is 15.1. The Kier molecular flexibility index (Phi) is 5.14. The van der Waals surface area contributed by atoms with E-state index in [1.165, 1.54) is 12.0 Å². The molecule has 2 aliphatic rings. The number of ether oxygens (including phenoxy) is 1. The van der Waals surface area contributed by atoms with E-state index in [-0.39, 0.29) is 6.09 Å². The van der Waals surface area contributed by atoms with E-state index in [9.17, 15) is 4.79 Å². The van der Waals surface area contributed by atoms with Gasteiger partial charge in [-0.2, -0.15) is 0 Å². The molecule has 3 atom stereocenters. The molecule has 0 bridgehead atoms. The number of hydrogen-bond donors (Lipinski definition) is 1. The third kappa shape index (κ3) is 4.50. The van der Waals surface area contributed by atoms with Crippen LogP contribution in [-0.4, -0.2) is 35.7 Å². The largest absolute Gasteiger partial charge is 0.444 e.